The Labute approximate surface area is 94.8 Å². The van der Waals surface area contributed by atoms with Gasteiger partial charge in [-0.3, -0.25) is 10.1 Å². The molecule has 0 bridgehead atoms. The number of aromatic nitrogens is 1. The number of hydrogen-bond donors (Lipinski definition) is 1. The van der Waals surface area contributed by atoms with Crippen LogP contribution in [0.2, 0.25) is 0 Å². The lowest BCUT2D eigenvalue weighted by Crippen LogP contribution is -2.20. The number of nitrogens with zero attached hydrogens (tertiary/aromatic N) is 2. The van der Waals surface area contributed by atoms with Crippen LogP contribution in [0.25, 0.3) is 0 Å². The summed E-state index contributed by atoms with van der Waals surface area (Å²) in [6.45, 7) is 0. The van der Waals surface area contributed by atoms with E-state index in [1.54, 1.807) is 0 Å². The van der Waals surface area contributed by atoms with Crippen molar-refractivity contribution in [3.05, 3.63) is 27.7 Å². The normalized spacial score (nSPS) is 11.1. The van der Waals surface area contributed by atoms with Gasteiger partial charge in [-0.2, -0.15) is 4.39 Å². The van der Waals surface area contributed by atoms with Crippen molar-refractivity contribution in [2.24, 2.45) is 0 Å². The van der Waals surface area contributed by atoms with Gasteiger partial charge in [-0.15, -0.1) is 13.2 Å². The highest BCUT2D eigenvalue weighted by molar-refractivity contribution is 5.88. The molecule has 0 fully saturated rings. The zero-order chi connectivity index (χ0) is 14.1. The first kappa shape index (κ1) is 13.6. The van der Waals surface area contributed by atoms with Crippen molar-refractivity contribution in [1.29, 1.82) is 0 Å². The second kappa shape index (κ2) is 4.43. The molecule has 0 unspecified atom stereocenters. The van der Waals surface area contributed by atoms with Crippen LogP contribution in [0.5, 0.6) is 5.88 Å². The van der Waals surface area contributed by atoms with E-state index in [-0.39, 0.29) is 6.20 Å². The second-order valence-corrected chi connectivity index (χ2v) is 2.75. The number of carboxylic acid groups (broad SMARTS) is 1. The van der Waals surface area contributed by atoms with E-state index >= 15 is 0 Å². The smallest absolute Gasteiger partial charge is 0.478 e. The summed E-state index contributed by atoms with van der Waals surface area (Å²) in [5.74, 6) is -5.56. The van der Waals surface area contributed by atoms with Gasteiger partial charge >= 0.3 is 23.9 Å². The van der Waals surface area contributed by atoms with Gasteiger partial charge in [0.1, 0.15) is 5.56 Å². The Balaban J connectivity index is 3.42. The van der Waals surface area contributed by atoms with E-state index in [1.807, 2.05) is 0 Å². The van der Waals surface area contributed by atoms with Crippen LogP contribution in [0.15, 0.2) is 6.20 Å². The Hall–Kier alpha value is -2.46. The lowest BCUT2D eigenvalue weighted by Gasteiger charge is -2.08. The van der Waals surface area contributed by atoms with Crippen molar-refractivity contribution in [1.82, 2.24) is 4.98 Å². The minimum absolute atomic E-state index is 0.186. The molecule has 0 amide bonds. The molecule has 0 aromatic carbocycles. The van der Waals surface area contributed by atoms with E-state index in [1.165, 1.54) is 0 Å². The molecule has 1 N–H and O–H groups in total. The number of alkyl halides is 3. The van der Waals surface area contributed by atoms with E-state index in [9.17, 15) is 32.5 Å². The molecular formula is C7H2F4N2O5. The van der Waals surface area contributed by atoms with Crippen LogP contribution in [-0.4, -0.2) is 27.3 Å². The van der Waals surface area contributed by atoms with Crippen LogP contribution in [0.3, 0.4) is 0 Å². The van der Waals surface area contributed by atoms with Crippen molar-refractivity contribution in [3.8, 4) is 5.88 Å². The molecule has 0 aliphatic rings. The summed E-state index contributed by atoms with van der Waals surface area (Å²) in [5.41, 5.74) is -3.04. The number of halogens is 4. The molecule has 1 aromatic rings. The molecule has 0 aliphatic heterocycles. The Bertz CT molecular complexity index is 515. The maximum Gasteiger partial charge on any atom is 0.574 e. The van der Waals surface area contributed by atoms with Gasteiger partial charge in [-0.05, 0) is 0 Å². The number of aromatic carboxylic acids is 1. The number of pyridine rings is 1. The van der Waals surface area contributed by atoms with Gasteiger partial charge in [-0.1, -0.05) is 0 Å². The largest absolute Gasteiger partial charge is 0.574 e. The lowest BCUT2D eigenvalue weighted by molar-refractivity contribution is -0.391. The van der Waals surface area contributed by atoms with E-state index in [4.69, 9.17) is 5.11 Å². The van der Waals surface area contributed by atoms with Crippen LogP contribution in [-0.2, 0) is 0 Å². The van der Waals surface area contributed by atoms with E-state index in [0.29, 0.717) is 0 Å². The molecule has 0 aliphatic carbocycles. The number of carbonyl (C=O) groups is 1. The molecule has 0 spiro atoms. The van der Waals surface area contributed by atoms with Gasteiger partial charge in [0.2, 0.25) is 5.82 Å². The average molecular weight is 270 g/mol. The molecule has 0 saturated heterocycles. The van der Waals surface area contributed by atoms with Crippen LogP contribution in [0.1, 0.15) is 10.4 Å². The average Bonchev–Trinajstić information content (AvgIpc) is 2.13. The highest BCUT2D eigenvalue weighted by Gasteiger charge is 2.38. The summed E-state index contributed by atoms with van der Waals surface area (Å²) in [5, 5.41) is 18.8. The fraction of sp³-hybridized carbons (Fsp3) is 0.143. The summed E-state index contributed by atoms with van der Waals surface area (Å²) >= 11 is 0. The highest BCUT2D eigenvalue weighted by atomic mass is 19.4. The molecule has 98 valence electrons. The van der Waals surface area contributed by atoms with Crippen LogP contribution in [0, 0.1) is 15.9 Å². The molecule has 11 heteroatoms. The van der Waals surface area contributed by atoms with Crippen molar-refractivity contribution in [3.63, 3.8) is 0 Å². The maximum atomic E-state index is 13.3. The first-order valence-electron chi connectivity index (χ1n) is 3.95. The minimum Gasteiger partial charge on any atom is -0.478 e. The predicted molar refractivity (Wildman–Crippen MR) is 44.5 cm³/mol. The summed E-state index contributed by atoms with van der Waals surface area (Å²) < 4.78 is 52.0. The van der Waals surface area contributed by atoms with Gasteiger partial charge in [0.15, 0.2) is 0 Å². The Kier molecular flexibility index (Phi) is 3.35. The first-order chi connectivity index (χ1) is 8.13. The third-order valence-electron chi connectivity index (χ3n) is 1.58. The number of hydrogen-bond acceptors (Lipinski definition) is 5. The van der Waals surface area contributed by atoms with Crippen LogP contribution < -0.4 is 4.74 Å². The lowest BCUT2D eigenvalue weighted by atomic mass is 10.2. The van der Waals surface area contributed by atoms with Crippen LogP contribution in [0.4, 0.5) is 23.2 Å². The Morgan fingerprint density at radius 3 is 2.44 bits per heavy atom. The monoisotopic (exact) mass is 270 g/mol. The standard InChI is InChI=1S/C7H2F4N2O5/c8-3-2(6(14)15)1-12-5(4(3)13(16)17)18-7(9,10)11/h1H,(H,14,15). The van der Waals surface area contributed by atoms with Crippen molar-refractivity contribution in [2.75, 3.05) is 0 Å². The van der Waals surface area contributed by atoms with Gasteiger partial charge in [0.05, 0.1) is 4.92 Å². The SMILES string of the molecule is O=C(O)c1cnc(OC(F)(F)F)c([N+](=O)[O-])c1F. The predicted octanol–water partition coefficient (Wildman–Crippen LogP) is 1.73. The first-order valence-corrected chi connectivity index (χ1v) is 3.95. The molecule has 7 nitrogen and oxygen atoms in total. The highest BCUT2D eigenvalue weighted by Crippen LogP contribution is 2.33. The van der Waals surface area contributed by atoms with Gasteiger partial charge in [-0.25, -0.2) is 9.78 Å². The molecule has 0 radical (unpaired) electrons. The van der Waals surface area contributed by atoms with E-state index in [0.717, 1.165) is 0 Å². The molecule has 1 heterocycles. The Morgan fingerprint density at radius 1 is 1.50 bits per heavy atom. The minimum atomic E-state index is -5.32. The third kappa shape index (κ3) is 2.81. The molecule has 1 rings (SSSR count). The number of carboxylic acids is 1. The van der Waals surface area contributed by atoms with E-state index < -0.39 is 40.2 Å². The quantitative estimate of drug-likeness (QED) is 0.509. The topological polar surface area (TPSA) is 103 Å². The van der Waals surface area contributed by atoms with Crippen molar-refractivity contribution >= 4 is 11.7 Å². The summed E-state index contributed by atoms with van der Waals surface area (Å²) in [7, 11) is 0. The van der Waals surface area contributed by atoms with Crippen molar-refractivity contribution in [2.45, 2.75) is 6.36 Å². The van der Waals surface area contributed by atoms with Gasteiger partial charge in [0, 0.05) is 6.20 Å². The van der Waals surface area contributed by atoms with Crippen molar-refractivity contribution < 1.29 is 37.1 Å². The summed E-state index contributed by atoms with van der Waals surface area (Å²) in [6, 6.07) is 0. The van der Waals surface area contributed by atoms with Crippen LogP contribution >= 0.6 is 0 Å². The molecule has 18 heavy (non-hydrogen) atoms. The molecule has 0 atom stereocenters. The maximum absolute atomic E-state index is 13.3. The molecular weight excluding hydrogens is 268 g/mol. The third-order valence-corrected chi connectivity index (χ3v) is 1.58. The summed E-state index contributed by atoms with van der Waals surface area (Å²) in [4.78, 5) is 22.0. The summed E-state index contributed by atoms with van der Waals surface area (Å²) in [6.07, 6.45) is -5.14. The van der Waals surface area contributed by atoms with E-state index in [2.05, 4.69) is 9.72 Å². The Morgan fingerprint density at radius 2 is 2.06 bits per heavy atom. The number of ether oxygens (including phenoxy) is 1. The van der Waals surface area contributed by atoms with Gasteiger partial charge in [0.25, 0.3) is 0 Å². The zero-order valence-corrected chi connectivity index (χ0v) is 8.06. The number of rotatable bonds is 3. The molecule has 1 aromatic heterocycles. The van der Waals surface area contributed by atoms with Gasteiger partial charge < -0.3 is 9.84 Å². The number of nitro groups is 1. The molecule has 0 saturated carbocycles. The fourth-order valence-electron chi connectivity index (χ4n) is 0.954. The second-order valence-electron chi connectivity index (χ2n) is 2.75. The fourth-order valence-corrected chi connectivity index (χ4v) is 0.954. The zero-order valence-electron chi connectivity index (χ0n) is 8.06.